The van der Waals surface area contributed by atoms with Crippen molar-refractivity contribution in [3.05, 3.63) is 59.4 Å². The van der Waals surface area contributed by atoms with Gasteiger partial charge in [-0.05, 0) is 86.0 Å². The Morgan fingerprint density at radius 3 is 2.09 bits per heavy atom. The van der Waals surface area contributed by atoms with E-state index in [9.17, 15) is 24.9 Å². The number of piperidine rings is 1. The number of carboxylic acids is 2. The van der Waals surface area contributed by atoms with Crippen molar-refractivity contribution in [2.24, 2.45) is 29.1 Å². The minimum Gasteiger partial charge on any atom is -0.481 e. The fraction of sp³-hybridized carbons (Fsp3) is 0.632. The maximum Gasteiger partial charge on any atom is 0.310 e. The van der Waals surface area contributed by atoms with E-state index in [1.165, 1.54) is 0 Å². The molecule has 8 atom stereocenters. The van der Waals surface area contributed by atoms with Gasteiger partial charge in [0, 0.05) is 67.5 Å². The summed E-state index contributed by atoms with van der Waals surface area (Å²) in [7, 11) is 0. The largest absolute Gasteiger partial charge is 0.481 e. The molecule has 2 aliphatic heterocycles. The third kappa shape index (κ3) is 9.51. The summed E-state index contributed by atoms with van der Waals surface area (Å²) < 4.78 is 6.45. The predicted molar refractivity (Wildman–Crippen MR) is 215 cm³/mol. The zero-order valence-electron chi connectivity index (χ0n) is 32.2. The number of carbonyl (C=O) groups is 2. The van der Waals surface area contributed by atoms with Gasteiger partial charge >= 0.3 is 11.9 Å². The van der Waals surface area contributed by atoms with Gasteiger partial charge in [-0.15, -0.1) is 20.4 Å². The first kappa shape index (κ1) is 40.8. The first-order valence-electron chi connectivity index (χ1n) is 19.7. The van der Waals surface area contributed by atoms with Crippen LogP contribution < -0.4 is 9.80 Å². The number of aromatic nitrogens is 10. The Kier molecular flexibility index (Phi) is 12.9. The van der Waals surface area contributed by atoms with Crippen molar-refractivity contribution < 1.29 is 29.6 Å². The molecule has 3 fully saturated rings. The van der Waals surface area contributed by atoms with Crippen molar-refractivity contribution in [1.29, 1.82) is 0 Å². The number of tetrazole rings is 2. The Morgan fingerprint density at radius 1 is 0.912 bits per heavy atom. The van der Waals surface area contributed by atoms with Gasteiger partial charge in [-0.2, -0.15) is 10.4 Å². The quantitative estimate of drug-likeness (QED) is 0.0670. The monoisotopic (exact) mass is 898 g/mol. The average molecular weight is 899 g/mol. The number of β-amino-alcohol motifs (C(OH)–C–C–N with tert-alkyl or cyclic N) is 1. The van der Waals surface area contributed by atoms with Gasteiger partial charge in [0.15, 0.2) is 11.6 Å². The average Bonchev–Trinajstić information content (AvgIpc) is 3.65. The van der Waals surface area contributed by atoms with Gasteiger partial charge in [-0.1, -0.05) is 59.0 Å². The molecule has 0 spiro atoms. The van der Waals surface area contributed by atoms with E-state index in [0.717, 1.165) is 55.2 Å². The molecular weight excluding hydrogens is 847 g/mol. The third-order valence-electron chi connectivity index (χ3n) is 12.2. The lowest BCUT2D eigenvalue weighted by Crippen LogP contribution is -2.36. The van der Waals surface area contributed by atoms with Crippen LogP contribution in [0.5, 0.6) is 0 Å². The molecule has 19 heteroatoms. The molecule has 1 saturated carbocycles. The summed E-state index contributed by atoms with van der Waals surface area (Å²) in [5.41, 5.74) is 0.758. The van der Waals surface area contributed by atoms with Crippen LogP contribution in [0.3, 0.4) is 0 Å². The summed E-state index contributed by atoms with van der Waals surface area (Å²) in [4.78, 5) is 39.0. The number of halogens is 1. The number of aliphatic hydroxyl groups is 1. The molecule has 5 N–H and O–H groups in total. The summed E-state index contributed by atoms with van der Waals surface area (Å²) >= 11 is 2.25. The SMILES string of the molecule is CC(I)C[C@H](C(=O)O)[C@H](Cc1ccc(N2CCC(COCC(C)[C@H]3CC3(C(=O)O)[C@H](Cc3ccc(N4CCC(O)C4)nc3)c3nn[nH]n3)CC2)nc1)c1nn[nH]n1. The first-order valence-corrected chi connectivity index (χ1v) is 21.0. The highest BCUT2D eigenvalue weighted by molar-refractivity contribution is 14.1. The fourth-order valence-corrected chi connectivity index (χ4v) is 9.46. The van der Waals surface area contributed by atoms with Crippen LogP contribution in [-0.2, 0) is 27.2 Å². The number of pyridine rings is 2. The Labute approximate surface area is 344 Å². The molecule has 7 rings (SSSR count). The highest BCUT2D eigenvalue weighted by Crippen LogP contribution is 2.64. The number of hydrogen-bond acceptors (Lipinski definition) is 14. The molecule has 306 valence electrons. The number of aliphatic hydroxyl groups excluding tert-OH is 1. The van der Waals surface area contributed by atoms with Gasteiger partial charge in [0.1, 0.15) is 11.6 Å². The van der Waals surface area contributed by atoms with Gasteiger partial charge < -0.3 is 29.9 Å². The highest BCUT2D eigenvalue weighted by Gasteiger charge is 2.67. The first-order chi connectivity index (χ1) is 27.5. The number of aromatic amines is 2. The summed E-state index contributed by atoms with van der Waals surface area (Å²) in [6.07, 6.45) is 7.70. The second kappa shape index (κ2) is 18.0. The number of nitrogens with zero attached hydrogens (tertiary/aromatic N) is 10. The van der Waals surface area contributed by atoms with Gasteiger partial charge in [0.2, 0.25) is 0 Å². The predicted octanol–water partition coefficient (Wildman–Crippen LogP) is 3.30. The number of nitrogens with one attached hydrogen (secondary N) is 2. The maximum atomic E-state index is 13.0. The van der Waals surface area contributed by atoms with E-state index >= 15 is 0 Å². The normalized spacial score (nSPS) is 23.9. The van der Waals surface area contributed by atoms with Crippen LogP contribution in [0.4, 0.5) is 11.6 Å². The van der Waals surface area contributed by atoms with Gasteiger partial charge in [0.25, 0.3) is 0 Å². The lowest BCUT2D eigenvalue weighted by molar-refractivity contribution is -0.146. The summed E-state index contributed by atoms with van der Waals surface area (Å²) in [5, 5.41) is 59.8. The second-order valence-electron chi connectivity index (χ2n) is 16.1. The molecule has 0 radical (unpaired) electrons. The number of alkyl halides is 1. The lowest BCUT2D eigenvalue weighted by atomic mass is 9.79. The van der Waals surface area contributed by atoms with Gasteiger partial charge in [-0.3, -0.25) is 9.59 Å². The molecule has 4 unspecified atom stereocenters. The molecule has 0 bridgehead atoms. The van der Waals surface area contributed by atoms with Crippen LogP contribution in [0.25, 0.3) is 0 Å². The molecule has 4 aromatic heterocycles. The third-order valence-corrected chi connectivity index (χ3v) is 12.7. The van der Waals surface area contributed by atoms with Crippen LogP contribution in [0, 0.1) is 29.1 Å². The zero-order valence-corrected chi connectivity index (χ0v) is 34.3. The number of rotatable bonds is 19. The molecule has 57 heavy (non-hydrogen) atoms. The molecule has 4 aromatic rings. The van der Waals surface area contributed by atoms with Crippen molar-refractivity contribution >= 4 is 46.2 Å². The highest BCUT2D eigenvalue weighted by atomic mass is 127. The molecule has 0 aromatic carbocycles. The van der Waals surface area contributed by atoms with E-state index in [2.05, 4.69) is 80.6 Å². The Hall–Kier alpha value is -4.37. The van der Waals surface area contributed by atoms with Crippen molar-refractivity contribution in [2.45, 2.75) is 80.7 Å². The topological polar surface area (TPSA) is 245 Å². The smallest absolute Gasteiger partial charge is 0.310 e. The Bertz CT molecular complexity index is 1900. The number of carboxylic acid groups (broad SMARTS) is 2. The van der Waals surface area contributed by atoms with Crippen molar-refractivity contribution in [3.63, 3.8) is 0 Å². The van der Waals surface area contributed by atoms with Crippen LogP contribution in [0.15, 0.2) is 36.7 Å². The van der Waals surface area contributed by atoms with Crippen LogP contribution in [0.1, 0.15) is 80.6 Å². The number of anilines is 2. The van der Waals surface area contributed by atoms with Crippen LogP contribution >= 0.6 is 22.6 Å². The van der Waals surface area contributed by atoms with E-state index < -0.39 is 35.1 Å². The van der Waals surface area contributed by atoms with E-state index in [1.807, 2.05) is 42.3 Å². The van der Waals surface area contributed by atoms with Crippen molar-refractivity contribution in [2.75, 3.05) is 49.2 Å². The second-order valence-corrected chi connectivity index (χ2v) is 18.2. The molecule has 2 saturated heterocycles. The maximum absolute atomic E-state index is 13.0. The van der Waals surface area contributed by atoms with Crippen molar-refractivity contribution in [1.82, 2.24) is 51.2 Å². The standard InChI is InChI=1S/C38H51IN12O6/c1-22(31-16-38(31,37(55)56)30(35-44-48-49-45-35)15-26-4-6-33(41-18-26)51-12-9-27(52)19-51)20-57-21-24-7-10-50(11-8-24)32-5-3-25(17-40-32)14-28(34-42-46-47-43-34)29(36(53)54)13-23(2)39/h3-6,17-18,22-24,27-31,52H,7-16,19-21H2,1-2H3,(H,53,54)(H,55,56)(H,42,43,46,47)(H,44,45,48,49)/t22?,23?,27?,28-,29-,30+,31+,38?/m0/s1. The molecular formula is C38H51IN12O6. The van der Waals surface area contributed by atoms with E-state index in [1.54, 1.807) is 6.20 Å². The zero-order chi connectivity index (χ0) is 40.1. The van der Waals surface area contributed by atoms with E-state index in [4.69, 9.17) is 9.72 Å². The molecule has 6 heterocycles. The minimum absolute atomic E-state index is 0.0100. The summed E-state index contributed by atoms with van der Waals surface area (Å²) in [6, 6.07) is 7.90. The van der Waals surface area contributed by atoms with E-state index in [-0.39, 0.29) is 21.9 Å². The molecule has 18 nitrogen and oxygen atoms in total. The molecule has 0 amide bonds. The fourth-order valence-electron chi connectivity index (χ4n) is 8.91. The lowest BCUT2D eigenvalue weighted by Gasteiger charge is -2.33. The number of H-pyrrole nitrogens is 2. The molecule has 1 aliphatic carbocycles. The van der Waals surface area contributed by atoms with Gasteiger partial charge in [-0.25, -0.2) is 9.97 Å². The Balaban J connectivity index is 0.899. The summed E-state index contributed by atoms with van der Waals surface area (Å²) in [5.74, 6) is -0.580. The van der Waals surface area contributed by atoms with Crippen LogP contribution in [0.2, 0.25) is 0 Å². The number of hydrogen-bond donors (Lipinski definition) is 5. The van der Waals surface area contributed by atoms with E-state index in [0.29, 0.717) is 69.4 Å². The number of ether oxygens (including phenoxy) is 1. The van der Waals surface area contributed by atoms with Gasteiger partial charge in [0.05, 0.1) is 17.4 Å². The Morgan fingerprint density at radius 2 is 1.54 bits per heavy atom. The minimum atomic E-state index is -1.04. The van der Waals surface area contributed by atoms with Crippen molar-refractivity contribution in [3.8, 4) is 0 Å². The van der Waals surface area contributed by atoms with Crippen LogP contribution in [-0.4, -0.2) is 128 Å². The number of aliphatic carboxylic acids is 2. The molecule has 3 aliphatic rings. The summed E-state index contributed by atoms with van der Waals surface area (Å²) in [6.45, 7) is 8.11.